The van der Waals surface area contributed by atoms with Gasteiger partial charge in [-0.05, 0) is 37.1 Å². The number of rotatable bonds is 2. The predicted octanol–water partition coefficient (Wildman–Crippen LogP) is 3.74. The summed E-state index contributed by atoms with van der Waals surface area (Å²) in [6.45, 7) is 1.54. The quantitative estimate of drug-likeness (QED) is 0.750. The maximum absolute atomic E-state index is 13.6. The van der Waals surface area contributed by atoms with Gasteiger partial charge >= 0.3 is 0 Å². The van der Waals surface area contributed by atoms with Crippen molar-refractivity contribution in [1.29, 1.82) is 0 Å². The molecule has 1 nitrogen and oxygen atoms in total. The Hall–Kier alpha value is -0.900. The minimum absolute atomic E-state index is 0.0308. The van der Waals surface area contributed by atoms with Gasteiger partial charge in [-0.15, -0.1) is 0 Å². The van der Waals surface area contributed by atoms with Gasteiger partial charge in [0.25, 0.3) is 0 Å². The third-order valence-corrected chi connectivity index (χ3v) is 4.36. The normalized spacial score (nSPS) is 20.3. The summed E-state index contributed by atoms with van der Waals surface area (Å²) in [5.74, 6) is -0.604. The second-order valence-electron chi connectivity index (χ2n) is 4.30. The molecule has 0 bridgehead atoms. The maximum atomic E-state index is 13.6. The molecule has 1 aromatic carbocycles. The van der Waals surface area contributed by atoms with E-state index in [2.05, 4.69) is 0 Å². The number of aryl methyl sites for hydroxylation is 1. The van der Waals surface area contributed by atoms with Crippen molar-refractivity contribution < 1.29 is 13.6 Å². The van der Waals surface area contributed by atoms with Gasteiger partial charge in [-0.25, -0.2) is 8.78 Å². The molecular weight excluding hydrogens is 242 g/mol. The van der Waals surface area contributed by atoms with E-state index in [1.165, 1.54) is 6.07 Å². The number of Topliss-reactive ketones (excluding diaryl/α,β-unsaturated/α-hetero) is 1. The summed E-state index contributed by atoms with van der Waals surface area (Å²) in [4.78, 5) is 12.1. The highest BCUT2D eigenvalue weighted by atomic mass is 32.2. The molecule has 0 amide bonds. The van der Waals surface area contributed by atoms with E-state index in [1.807, 2.05) is 0 Å². The summed E-state index contributed by atoms with van der Waals surface area (Å²) in [6, 6.07) is 2.12. The Balaban J connectivity index is 2.26. The topological polar surface area (TPSA) is 17.1 Å². The molecule has 92 valence electrons. The summed E-state index contributed by atoms with van der Waals surface area (Å²) < 4.78 is 26.7. The Labute approximate surface area is 104 Å². The third-order valence-electron chi connectivity index (χ3n) is 2.99. The van der Waals surface area contributed by atoms with Crippen molar-refractivity contribution in [2.45, 2.75) is 31.4 Å². The zero-order valence-corrected chi connectivity index (χ0v) is 10.4. The molecule has 0 aromatic heterocycles. The van der Waals surface area contributed by atoms with Gasteiger partial charge in [-0.2, -0.15) is 11.8 Å². The van der Waals surface area contributed by atoms with Crippen LogP contribution in [0.4, 0.5) is 8.78 Å². The van der Waals surface area contributed by atoms with Gasteiger partial charge in [-0.3, -0.25) is 4.79 Å². The van der Waals surface area contributed by atoms with E-state index >= 15 is 0 Å². The Kier molecular flexibility index (Phi) is 3.82. The van der Waals surface area contributed by atoms with Crippen molar-refractivity contribution in [2.75, 3.05) is 5.75 Å². The second kappa shape index (κ2) is 5.17. The first-order valence-electron chi connectivity index (χ1n) is 5.71. The van der Waals surface area contributed by atoms with Gasteiger partial charge in [-0.1, -0.05) is 6.42 Å². The van der Waals surface area contributed by atoms with E-state index in [9.17, 15) is 13.6 Å². The van der Waals surface area contributed by atoms with Crippen molar-refractivity contribution in [3.63, 3.8) is 0 Å². The fraction of sp³-hybridized carbons (Fsp3) is 0.462. The fourth-order valence-electron chi connectivity index (χ4n) is 1.97. The van der Waals surface area contributed by atoms with Crippen LogP contribution in [0.5, 0.6) is 0 Å². The van der Waals surface area contributed by atoms with Crippen LogP contribution in [0, 0.1) is 18.6 Å². The molecule has 17 heavy (non-hydrogen) atoms. The highest BCUT2D eigenvalue weighted by Gasteiger charge is 2.25. The highest BCUT2D eigenvalue weighted by Crippen LogP contribution is 2.29. The SMILES string of the molecule is Cc1cc(C(=O)C2CCCCS2)c(F)cc1F. The molecule has 1 atom stereocenters. The third kappa shape index (κ3) is 2.68. The van der Waals surface area contributed by atoms with Crippen molar-refractivity contribution in [3.05, 3.63) is 34.9 Å². The van der Waals surface area contributed by atoms with Crippen molar-refractivity contribution >= 4 is 17.5 Å². The lowest BCUT2D eigenvalue weighted by molar-refractivity contribution is 0.0980. The second-order valence-corrected chi connectivity index (χ2v) is 5.61. The maximum Gasteiger partial charge on any atom is 0.178 e. The van der Waals surface area contributed by atoms with Crippen LogP contribution in [0.3, 0.4) is 0 Å². The van der Waals surface area contributed by atoms with Crippen molar-refractivity contribution in [1.82, 2.24) is 0 Å². The Morgan fingerprint density at radius 1 is 1.29 bits per heavy atom. The largest absolute Gasteiger partial charge is 0.293 e. The Morgan fingerprint density at radius 2 is 2.06 bits per heavy atom. The highest BCUT2D eigenvalue weighted by molar-refractivity contribution is 8.00. The number of thioether (sulfide) groups is 1. The van der Waals surface area contributed by atoms with E-state index in [0.717, 1.165) is 31.1 Å². The zero-order valence-electron chi connectivity index (χ0n) is 9.63. The van der Waals surface area contributed by atoms with Gasteiger partial charge in [0.15, 0.2) is 5.78 Å². The molecule has 1 unspecified atom stereocenters. The number of hydrogen-bond acceptors (Lipinski definition) is 2. The summed E-state index contributed by atoms with van der Waals surface area (Å²) in [5.41, 5.74) is 0.346. The molecule has 1 aliphatic rings. The Bertz CT molecular complexity index is 439. The van der Waals surface area contributed by atoms with Gasteiger partial charge < -0.3 is 0 Å². The summed E-state index contributed by atoms with van der Waals surface area (Å²) >= 11 is 1.57. The van der Waals surface area contributed by atoms with E-state index in [1.54, 1.807) is 18.7 Å². The lowest BCUT2D eigenvalue weighted by Crippen LogP contribution is -2.22. The summed E-state index contributed by atoms with van der Waals surface area (Å²) in [6.07, 6.45) is 2.91. The first kappa shape index (κ1) is 12.6. The molecule has 0 radical (unpaired) electrons. The first-order valence-corrected chi connectivity index (χ1v) is 6.76. The minimum Gasteiger partial charge on any atom is -0.293 e. The molecule has 0 spiro atoms. The first-order chi connectivity index (χ1) is 8.09. The standard InChI is InChI=1S/C13H14F2OS/c1-8-6-9(11(15)7-10(8)14)13(16)12-4-2-3-5-17-12/h6-7,12H,2-5H2,1H3. The fourth-order valence-corrected chi connectivity index (χ4v) is 3.23. The molecular formula is C13H14F2OS. The number of carbonyl (C=O) groups excluding carboxylic acids is 1. The van der Waals surface area contributed by atoms with Crippen LogP contribution in [0.25, 0.3) is 0 Å². The van der Waals surface area contributed by atoms with Gasteiger partial charge in [0.05, 0.1) is 10.8 Å². The molecule has 1 saturated heterocycles. The number of ketones is 1. The molecule has 1 heterocycles. The Morgan fingerprint density at radius 3 is 2.71 bits per heavy atom. The summed E-state index contributed by atoms with van der Waals surface area (Å²) in [5, 5.41) is -0.164. The molecule has 1 aliphatic heterocycles. The van der Waals surface area contributed by atoms with Gasteiger partial charge in [0.1, 0.15) is 11.6 Å². The number of carbonyl (C=O) groups is 1. The monoisotopic (exact) mass is 256 g/mol. The number of halogens is 2. The van der Waals surface area contributed by atoms with Gasteiger partial charge in [0, 0.05) is 6.07 Å². The molecule has 0 saturated carbocycles. The van der Waals surface area contributed by atoms with Crippen LogP contribution in [0.15, 0.2) is 12.1 Å². The average molecular weight is 256 g/mol. The van der Waals surface area contributed by atoms with Crippen LogP contribution in [-0.2, 0) is 0 Å². The van der Waals surface area contributed by atoms with Crippen molar-refractivity contribution in [2.24, 2.45) is 0 Å². The molecule has 2 rings (SSSR count). The zero-order chi connectivity index (χ0) is 12.4. The smallest absolute Gasteiger partial charge is 0.178 e. The number of benzene rings is 1. The average Bonchev–Trinajstić information content (AvgIpc) is 2.34. The summed E-state index contributed by atoms with van der Waals surface area (Å²) in [7, 11) is 0. The lowest BCUT2D eigenvalue weighted by Gasteiger charge is -2.20. The molecule has 1 fully saturated rings. The van der Waals surface area contributed by atoms with Crippen LogP contribution < -0.4 is 0 Å². The lowest BCUT2D eigenvalue weighted by atomic mass is 10.0. The van der Waals surface area contributed by atoms with Crippen LogP contribution in [0.2, 0.25) is 0 Å². The molecule has 4 heteroatoms. The minimum atomic E-state index is -0.746. The molecule has 0 N–H and O–H groups in total. The van der Waals surface area contributed by atoms with Gasteiger partial charge in [0.2, 0.25) is 0 Å². The number of hydrogen-bond donors (Lipinski definition) is 0. The predicted molar refractivity (Wildman–Crippen MR) is 65.5 cm³/mol. The van der Waals surface area contributed by atoms with Crippen LogP contribution in [-0.4, -0.2) is 16.8 Å². The molecule has 0 aliphatic carbocycles. The van der Waals surface area contributed by atoms with E-state index in [0.29, 0.717) is 5.56 Å². The van der Waals surface area contributed by atoms with E-state index < -0.39 is 11.6 Å². The van der Waals surface area contributed by atoms with Crippen LogP contribution in [0.1, 0.15) is 35.2 Å². The van der Waals surface area contributed by atoms with Crippen molar-refractivity contribution in [3.8, 4) is 0 Å². The molecule has 1 aromatic rings. The van der Waals surface area contributed by atoms with E-state index in [-0.39, 0.29) is 16.6 Å². The van der Waals surface area contributed by atoms with E-state index in [4.69, 9.17) is 0 Å². The van der Waals surface area contributed by atoms with Crippen LogP contribution >= 0.6 is 11.8 Å².